The Morgan fingerprint density at radius 3 is 2.52 bits per heavy atom. The van der Waals surface area contributed by atoms with E-state index in [4.69, 9.17) is 28.8 Å². The van der Waals surface area contributed by atoms with E-state index in [1.807, 2.05) is 24.0 Å². The first-order valence-electron chi connectivity index (χ1n) is 14.0. The van der Waals surface area contributed by atoms with E-state index >= 15 is 0 Å². The molecule has 0 aromatic heterocycles. The molecule has 2 amide bonds. The summed E-state index contributed by atoms with van der Waals surface area (Å²) in [5.74, 6) is -0.839. The Labute approximate surface area is 235 Å². The molecule has 222 valence electrons. The number of esters is 1. The number of benzene rings is 1. The van der Waals surface area contributed by atoms with Gasteiger partial charge in [0.25, 0.3) is 5.91 Å². The van der Waals surface area contributed by atoms with Gasteiger partial charge in [-0.05, 0) is 50.0 Å². The van der Waals surface area contributed by atoms with Crippen LogP contribution in [0.2, 0.25) is 0 Å². The van der Waals surface area contributed by atoms with Gasteiger partial charge in [0.15, 0.2) is 5.76 Å². The topological polar surface area (TPSA) is 133 Å². The van der Waals surface area contributed by atoms with E-state index in [1.165, 1.54) is 7.11 Å². The molecule has 1 fully saturated rings. The van der Waals surface area contributed by atoms with E-state index in [0.717, 1.165) is 18.5 Å². The quantitative estimate of drug-likeness (QED) is 0.216. The molecule has 2 heterocycles. The van der Waals surface area contributed by atoms with Crippen molar-refractivity contribution in [1.82, 2.24) is 10.2 Å². The monoisotopic (exact) mass is 562 g/mol. The molecule has 1 aromatic rings. The van der Waals surface area contributed by atoms with E-state index in [1.54, 1.807) is 18.2 Å². The molecule has 2 aliphatic rings. The predicted octanol–water partition coefficient (Wildman–Crippen LogP) is 1.99. The Hall–Kier alpha value is -2.99. The van der Waals surface area contributed by atoms with Crippen molar-refractivity contribution < 1.29 is 43.2 Å². The zero-order valence-electron chi connectivity index (χ0n) is 23.5. The first-order valence-corrected chi connectivity index (χ1v) is 14.0. The van der Waals surface area contributed by atoms with Crippen molar-refractivity contribution in [3.8, 4) is 0 Å². The number of amides is 2. The van der Waals surface area contributed by atoms with Gasteiger partial charge in [-0.3, -0.25) is 9.59 Å². The maximum atomic E-state index is 13.1. The summed E-state index contributed by atoms with van der Waals surface area (Å²) in [6, 6.07) is 7.10. The van der Waals surface area contributed by atoms with Crippen LogP contribution in [0.15, 0.2) is 36.1 Å². The molecule has 1 saturated heterocycles. The highest BCUT2D eigenvalue weighted by atomic mass is 16.7. The summed E-state index contributed by atoms with van der Waals surface area (Å²) in [6.45, 7) is 5.48. The van der Waals surface area contributed by atoms with Gasteiger partial charge in [-0.15, -0.1) is 0 Å². The third kappa shape index (κ3) is 9.29. The average Bonchev–Trinajstić information content (AvgIpc) is 3.39. The number of carbonyl (C=O) groups excluding carboxylic acids is 3. The Balaban J connectivity index is 1.71. The largest absolute Gasteiger partial charge is 0.465 e. The number of nitrogens with zero attached hydrogens (tertiary/aromatic N) is 1. The molecule has 2 N–H and O–H groups in total. The number of aliphatic hydroxyl groups is 1. The second kappa shape index (κ2) is 17.0. The molecule has 11 heteroatoms. The van der Waals surface area contributed by atoms with Crippen LogP contribution in [-0.2, 0) is 33.3 Å². The summed E-state index contributed by atoms with van der Waals surface area (Å²) >= 11 is 0. The van der Waals surface area contributed by atoms with Crippen molar-refractivity contribution in [1.29, 1.82) is 0 Å². The van der Waals surface area contributed by atoms with Crippen LogP contribution in [-0.4, -0.2) is 100 Å². The summed E-state index contributed by atoms with van der Waals surface area (Å²) in [7, 11) is 1.34. The van der Waals surface area contributed by atoms with Crippen LogP contribution in [0.25, 0.3) is 0 Å². The fourth-order valence-electron chi connectivity index (χ4n) is 4.88. The molecule has 3 unspecified atom stereocenters. The standard InChI is InChI=1S/C29H42N2O9/c1-3-39-29-23(11-16-37-18-19-38-17-15-32)24(21-7-9-22(10-8-21)28(35)36-2)20-25(40-29)27(34)30-12-5-14-31-13-4-6-26(31)33/h7-10,20,23-24,29,32H,3-6,11-19H2,1-2H3,(H,30,34). The minimum atomic E-state index is -0.683. The molecule has 3 atom stereocenters. The highest BCUT2D eigenvalue weighted by Gasteiger charge is 2.38. The first kappa shape index (κ1) is 31.5. The first-order chi connectivity index (χ1) is 19.5. The SMILES string of the molecule is CCOC1OC(C(=O)NCCCN2CCCC2=O)=CC(c2ccc(C(=O)OC)cc2)C1CCOCCOCCO. The highest BCUT2D eigenvalue weighted by molar-refractivity contribution is 5.92. The lowest BCUT2D eigenvalue weighted by Gasteiger charge is -2.37. The minimum absolute atomic E-state index is 0.0355. The number of hydrogen-bond donors (Lipinski definition) is 2. The number of nitrogens with one attached hydrogen (secondary N) is 1. The summed E-state index contributed by atoms with van der Waals surface area (Å²) in [6.07, 6.45) is 3.84. The number of likely N-dealkylation sites (tertiary alicyclic amines) is 1. The maximum Gasteiger partial charge on any atom is 0.337 e. The normalized spacial score (nSPS) is 20.7. The summed E-state index contributed by atoms with van der Waals surface area (Å²) < 4.78 is 27.8. The van der Waals surface area contributed by atoms with Crippen LogP contribution in [0.5, 0.6) is 0 Å². The molecule has 40 heavy (non-hydrogen) atoms. The number of aliphatic hydroxyl groups excluding tert-OH is 1. The lowest BCUT2D eigenvalue weighted by molar-refractivity contribution is -0.168. The zero-order valence-corrected chi connectivity index (χ0v) is 23.5. The molecular weight excluding hydrogens is 520 g/mol. The number of ether oxygens (including phenoxy) is 5. The van der Waals surface area contributed by atoms with Crippen LogP contribution in [0.1, 0.15) is 54.4 Å². The van der Waals surface area contributed by atoms with Crippen molar-refractivity contribution in [2.45, 2.75) is 44.8 Å². The van der Waals surface area contributed by atoms with Crippen LogP contribution in [0, 0.1) is 5.92 Å². The fraction of sp³-hybridized carbons (Fsp3) is 0.621. The van der Waals surface area contributed by atoms with Crippen molar-refractivity contribution in [3.63, 3.8) is 0 Å². The Morgan fingerprint density at radius 1 is 1.12 bits per heavy atom. The molecule has 0 spiro atoms. The number of carbonyl (C=O) groups is 3. The second-order valence-electron chi connectivity index (χ2n) is 9.61. The lowest BCUT2D eigenvalue weighted by Crippen LogP contribution is -2.40. The minimum Gasteiger partial charge on any atom is -0.465 e. The third-order valence-corrected chi connectivity index (χ3v) is 6.92. The fourth-order valence-corrected chi connectivity index (χ4v) is 4.88. The number of methoxy groups -OCH3 is 1. The summed E-state index contributed by atoms with van der Waals surface area (Å²) in [5.41, 5.74) is 1.33. The molecule has 0 radical (unpaired) electrons. The van der Waals surface area contributed by atoms with E-state index in [-0.39, 0.29) is 42.6 Å². The van der Waals surface area contributed by atoms with Gasteiger partial charge in [0.05, 0.1) is 39.1 Å². The smallest absolute Gasteiger partial charge is 0.337 e. The molecule has 1 aromatic carbocycles. The maximum absolute atomic E-state index is 13.1. The van der Waals surface area contributed by atoms with Gasteiger partial charge in [-0.25, -0.2) is 4.79 Å². The number of rotatable bonds is 17. The van der Waals surface area contributed by atoms with Crippen LogP contribution < -0.4 is 5.32 Å². The lowest BCUT2D eigenvalue weighted by atomic mass is 9.81. The molecule has 3 rings (SSSR count). The Morgan fingerprint density at radius 2 is 1.88 bits per heavy atom. The van der Waals surface area contributed by atoms with E-state index in [2.05, 4.69) is 5.32 Å². The van der Waals surface area contributed by atoms with Crippen LogP contribution in [0.3, 0.4) is 0 Å². The Bertz CT molecular complexity index is 982. The van der Waals surface area contributed by atoms with Gasteiger partial charge < -0.3 is 39.0 Å². The summed E-state index contributed by atoms with van der Waals surface area (Å²) in [5, 5.41) is 11.7. The molecule has 0 bridgehead atoms. The van der Waals surface area contributed by atoms with Gasteiger partial charge in [0.1, 0.15) is 0 Å². The van der Waals surface area contributed by atoms with Crippen molar-refractivity contribution in [2.24, 2.45) is 5.92 Å². The van der Waals surface area contributed by atoms with Gasteiger partial charge in [0, 0.05) is 51.1 Å². The average molecular weight is 563 g/mol. The number of hydrogen-bond acceptors (Lipinski definition) is 9. The van der Waals surface area contributed by atoms with Gasteiger partial charge in [-0.1, -0.05) is 12.1 Å². The highest BCUT2D eigenvalue weighted by Crippen LogP contribution is 2.39. The third-order valence-electron chi connectivity index (χ3n) is 6.92. The van der Waals surface area contributed by atoms with Gasteiger partial charge in [0.2, 0.25) is 12.2 Å². The van der Waals surface area contributed by atoms with Crippen LogP contribution in [0.4, 0.5) is 0 Å². The van der Waals surface area contributed by atoms with E-state index in [9.17, 15) is 14.4 Å². The van der Waals surface area contributed by atoms with Gasteiger partial charge >= 0.3 is 5.97 Å². The van der Waals surface area contributed by atoms with Gasteiger partial charge in [-0.2, -0.15) is 0 Å². The van der Waals surface area contributed by atoms with E-state index < -0.39 is 12.3 Å². The zero-order chi connectivity index (χ0) is 28.7. The molecule has 11 nitrogen and oxygen atoms in total. The molecule has 0 saturated carbocycles. The van der Waals surface area contributed by atoms with E-state index in [0.29, 0.717) is 64.3 Å². The Kier molecular flexibility index (Phi) is 13.4. The predicted molar refractivity (Wildman–Crippen MR) is 145 cm³/mol. The van der Waals surface area contributed by atoms with Crippen molar-refractivity contribution in [3.05, 3.63) is 47.2 Å². The molecule has 2 aliphatic heterocycles. The van der Waals surface area contributed by atoms with Crippen molar-refractivity contribution >= 4 is 17.8 Å². The van der Waals surface area contributed by atoms with Crippen molar-refractivity contribution in [2.75, 3.05) is 66.4 Å². The molecule has 0 aliphatic carbocycles. The second-order valence-corrected chi connectivity index (χ2v) is 9.61. The molecular formula is C29H42N2O9. The summed E-state index contributed by atoms with van der Waals surface area (Å²) in [4.78, 5) is 38.7. The van der Waals surface area contributed by atoms with Crippen LogP contribution >= 0.6 is 0 Å². The number of allylic oxidation sites excluding steroid dienone is 1.